The van der Waals surface area contributed by atoms with Crippen LogP contribution in [0.25, 0.3) is 0 Å². The summed E-state index contributed by atoms with van der Waals surface area (Å²) in [7, 11) is 0. The third kappa shape index (κ3) is 1.56. The molecule has 0 atom stereocenters. The average molecular weight is 138 g/mol. The Kier molecular flexibility index (Phi) is 2.05. The lowest BCUT2D eigenvalue weighted by atomic mass is 10.2. The van der Waals surface area contributed by atoms with Gasteiger partial charge in [-0.1, -0.05) is 12.2 Å². The van der Waals surface area contributed by atoms with Crippen LogP contribution in [0.3, 0.4) is 0 Å². The Balaban J connectivity index is 2.96. The number of hydrogen-bond acceptors (Lipinski definition) is 0. The van der Waals surface area contributed by atoms with Gasteiger partial charge < -0.3 is 0 Å². The van der Waals surface area contributed by atoms with E-state index in [0.717, 1.165) is 17.6 Å². The molecular formula is C9H11F. The van der Waals surface area contributed by atoms with E-state index in [2.05, 4.69) is 0 Å². The summed E-state index contributed by atoms with van der Waals surface area (Å²) in [5.41, 5.74) is 1.79. The molecule has 0 radical (unpaired) electrons. The molecule has 1 rings (SSSR count). The molecule has 0 bridgehead atoms. The lowest BCUT2D eigenvalue weighted by Gasteiger charge is -1.92. The molecule has 0 aromatic carbocycles. The molecule has 1 heteroatoms. The SMILES string of the molecule is CC1=CC(F)=C(C)CC=C1. The van der Waals surface area contributed by atoms with Crippen molar-refractivity contribution < 1.29 is 4.39 Å². The van der Waals surface area contributed by atoms with Crippen LogP contribution in [-0.4, -0.2) is 0 Å². The Labute approximate surface area is 60.7 Å². The third-order valence-electron chi connectivity index (χ3n) is 1.57. The molecule has 0 amide bonds. The molecule has 0 fully saturated rings. The first-order valence-corrected chi connectivity index (χ1v) is 3.40. The maximum absolute atomic E-state index is 12.9. The van der Waals surface area contributed by atoms with Gasteiger partial charge in [-0.25, -0.2) is 4.39 Å². The summed E-state index contributed by atoms with van der Waals surface area (Å²) < 4.78 is 12.9. The molecule has 0 unspecified atom stereocenters. The van der Waals surface area contributed by atoms with Crippen LogP contribution in [0.15, 0.2) is 35.2 Å². The number of rotatable bonds is 0. The van der Waals surface area contributed by atoms with Gasteiger partial charge in [0.05, 0.1) is 0 Å². The smallest absolute Gasteiger partial charge is 0.122 e. The van der Waals surface area contributed by atoms with E-state index in [-0.39, 0.29) is 5.83 Å². The highest BCUT2D eigenvalue weighted by Gasteiger charge is 1.99. The van der Waals surface area contributed by atoms with Crippen molar-refractivity contribution in [1.29, 1.82) is 0 Å². The highest BCUT2D eigenvalue weighted by Crippen LogP contribution is 2.17. The first-order chi connectivity index (χ1) is 4.70. The molecule has 1 aliphatic carbocycles. The molecule has 10 heavy (non-hydrogen) atoms. The molecule has 0 N–H and O–H groups in total. The van der Waals surface area contributed by atoms with Crippen LogP contribution in [0.5, 0.6) is 0 Å². The van der Waals surface area contributed by atoms with Crippen LogP contribution < -0.4 is 0 Å². The largest absolute Gasteiger partial charge is 0.207 e. The Hall–Kier alpha value is -0.850. The molecule has 0 nitrogen and oxygen atoms in total. The number of hydrogen-bond donors (Lipinski definition) is 0. The highest BCUT2D eigenvalue weighted by atomic mass is 19.1. The summed E-state index contributed by atoms with van der Waals surface area (Å²) in [4.78, 5) is 0. The third-order valence-corrected chi connectivity index (χ3v) is 1.57. The van der Waals surface area contributed by atoms with Crippen molar-refractivity contribution in [1.82, 2.24) is 0 Å². The average Bonchev–Trinajstić information content (AvgIpc) is 1.96. The molecule has 0 aliphatic heterocycles. The minimum Gasteiger partial charge on any atom is -0.207 e. The molecule has 0 aromatic heterocycles. The monoisotopic (exact) mass is 138 g/mol. The minimum absolute atomic E-state index is 0.0810. The zero-order valence-corrected chi connectivity index (χ0v) is 6.32. The fourth-order valence-electron chi connectivity index (χ4n) is 0.890. The molecule has 0 saturated heterocycles. The summed E-state index contributed by atoms with van der Waals surface area (Å²) in [5, 5.41) is 0. The van der Waals surface area contributed by atoms with Crippen molar-refractivity contribution in [3.8, 4) is 0 Å². The molecule has 0 saturated carbocycles. The van der Waals surface area contributed by atoms with Crippen LogP contribution in [0.2, 0.25) is 0 Å². The van der Waals surface area contributed by atoms with Crippen molar-refractivity contribution in [3.05, 3.63) is 35.2 Å². The van der Waals surface area contributed by atoms with Gasteiger partial charge in [0.25, 0.3) is 0 Å². The minimum atomic E-state index is -0.0810. The van der Waals surface area contributed by atoms with Crippen molar-refractivity contribution in [3.63, 3.8) is 0 Å². The fraction of sp³-hybridized carbons (Fsp3) is 0.333. The van der Waals surface area contributed by atoms with E-state index in [1.54, 1.807) is 6.08 Å². The number of allylic oxidation sites excluding steroid dienone is 6. The fourth-order valence-corrected chi connectivity index (χ4v) is 0.890. The van der Waals surface area contributed by atoms with Gasteiger partial charge in [0.2, 0.25) is 0 Å². The zero-order valence-electron chi connectivity index (χ0n) is 6.32. The normalized spacial score (nSPS) is 18.9. The van der Waals surface area contributed by atoms with E-state index >= 15 is 0 Å². The van der Waals surface area contributed by atoms with E-state index in [4.69, 9.17) is 0 Å². The maximum atomic E-state index is 12.9. The molecule has 54 valence electrons. The summed E-state index contributed by atoms with van der Waals surface area (Å²) in [6.07, 6.45) is 6.22. The van der Waals surface area contributed by atoms with Gasteiger partial charge in [0.1, 0.15) is 5.83 Å². The Morgan fingerprint density at radius 3 is 2.80 bits per heavy atom. The zero-order chi connectivity index (χ0) is 7.56. The molecule has 0 aromatic rings. The van der Waals surface area contributed by atoms with Crippen LogP contribution >= 0.6 is 0 Å². The molecule has 0 heterocycles. The van der Waals surface area contributed by atoms with E-state index in [1.165, 1.54) is 0 Å². The van der Waals surface area contributed by atoms with E-state index in [1.807, 2.05) is 26.0 Å². The van der Waals surface area contributed by atoms with Gasteiger partial charge in [0, 0.05) is 0 Å². The summed E-state index contributed by atoms with van der Waals surface area (Å²) in [5.74, 6) is -0.0810. The van der Waals surface area contributed by atoms with Gasteiger partial charge >= 0.3 is 0 Å². The summed E-state index contributed by atoms with van der Waals surface area (Å²) in [6.45, 7) is 3.71. The van der Waals surface area contributed by atoms with Crippen LogP contribution in [0.4, 0.5) is 4.39 Å². The van der Waals surface area contributed by atoms with Crippen LogP contribution in [-0.2, 0) is 0 Å². The lowest BCUT2D eigenvalue weighted by molar-refractivity contribution is 0.650. The van der Waals surface area contributed by atoms with E-state index < -0.39 is 0 Å². The van der Waals surface area contributed by atoms with Gasteiger partial charge in [-0.15, -0.1) is 0 Å². The predicted molar refractivity (Wildman–Crippen MR) is 41.3 cm³/mol. The summed E-state index contributed by atoms with van der Waals surface area (Å²) >= 11 is 0. The summed E-state index contributed by atoms with van der Waals surface area (Å²) in [6, 6.07) is 0. The first kappa shape index (κ1) is 7.26. The van der Waals surface area contributed by atoms with Crippen molar-refractivity contribution >= 4 is 0 Å². The quantitative estimate of drug-likeness (QED) is 0.482. The second kappa shape index (κ2) is 2.82. The van der Waals surface area contributed by atoms with Gasteiger partial charge in [0.15, 0.2) is 0 Å². The highest BCUT2D eigenvalue weighted by molar-refractivity contribution is 5.32. The van der Waals surface area contributed by atoms with Crippen molar-refractivity contribution in [2.75, 3.05) is 0 Å². The second-order valence-electron chi connectivity index (χ2n) is 2.62. The Morgan fingerprint density at radius 1 is 1.40 bits per heavy atom. The van der Waals surface area contributed by atoms with Crippen LogP contribution in [0.1, 0.15) is 20.3 Å². The van der Waals surface area contributed by atoms with Gasteiger partial charge in [-0.3, -0.25) is 0 Å². The van der Waals surface area contributed by atoms with Crippen LogP contribution in [0, 0.1) is 0 Å². The van der Waals surface area contributed by atoms with E-state index in [0.29, 0.717) is 0 Å². The lowest BCUT2D eigenvalue weighted by Crippen LogP contribution is -1.74. The topological polar surface area (TPSA) is 0 Å². The Bertz CT molecular complexity index is 219. The van der Waals surface area contributed by atoms with Crippen molar-refractivity contribution in [2.24, 2.45) is 0 Å². The molecule has 0 spiro atoms. The Morgan fingerprint density at radius 2 is 2.10 bits per heavy atom. The van der Waals surface area contributed by atoms with E-state index in [9.17, 15) is 4.39 Å². The standard InChI is InChI=1S/C9H11F/c1-7-4-3-5-8(2)9(10)6-7/h3-4,6H,5H2,1-2H3. The maximum Gasteiger partial charge on any atom is 0.122 e. The van der Waals surface area contributed by atoms with Crippen molar-refractivity contribution in [2.45, 2.75) is 20.3 Å². The van der Waals surface area contributed by atoms with Gasteiger partial charge in [-0.2, -0.15) is 0 Å². The molecule has 1 aliphatic rings. The first-order valence-electron chi connectivity index (χ1n) is 3.40. The van der Waals surface area contributed by atoms with Gasteiger partial charge in [-0.05, 0) is 37.5 Å². The predicted octanol–water partition coefficient (Wildman–Crippen LogP) is 3.14. The molecular weight excluding hydrogens is 127 g/mol. The second-order valence-corrected chi connectivity index (χ2v) is 2.62. The number of halogens is 1.